The minimum atomic E-state index is -0.118. The molecule has 2 aliphatic rings. The molecular formula is C22H24O4. The van der Waals surface area contributed by atoms with E-state index in [9.17, 15) is 4.79 Å². The Labute approximate surface area is 154 Å². The van der Waals surface area contributed by atoms with E-state index in [4.69, 9.17) is 14.2 Å². The average Bonchev–Trinajstić information content (AvgIpc) is 3.27. The molecule has 1 aliphatic carbocycles. The Bertz CT molecular complexity index is 730. The van der Waals surface area contributed by atoms with E-state index in [1.54, 1.807) is 6.92 Å². The summed E-state index contributed by atoms with van der Waals surface area (Å²) in [6.07, 6.45) is -0.212. The van der Waals surface area contributed by atoms with Crippen molar-refractivity contribution in [2.45, 2.75) is 38.4 Å². The van der Waals surface area contributed by atoms with Gasteiger partial charge in [0.15, 0.2) is 0 Å². The molecule has 0 amide bonds. The molecule has 2 unspecified atom stereocenters. The van der Waals surface area contributed by atoms with Gasteiger partial charge in [-0.1, -0.05) is 60.7 Å². The third-order valence-corrected chi connectivity index (χ3v) is 5.23. The molecule has 2 fully saturated rings. The molecule has 1 aliphatic heterocycles. The molecule has 136 valence electrons. The van der Waals surface area contributed by atoms with Gasteiger partial charge in [0.1, 0.15) is 11.9 Å². The number of carbonyl (C=O) groups excluding carboxylic acids is 1. The number of rotatable bonds is 8. The van der Waals surface area contributed by atoms with Crippen molar-refractivity contribution < 1.29 is 19.0 Å². The summed E-state index contributed by atoms with van der Waals surface area (Å²) >= 11 is 0. The van der Waals surface area contributed by atoms with Crippen LogP contribution in [0.15, 0.2) is 60.7 Å². The monoisotopic (exact) mass is 352 g/mol. The normalized spacial score (nSPS) is 29.3. The second-order valence-electron chi connectivity index (χ2n) is 7.11. The van der Waals surface area contributed by atoms with Crippen molar-refractivity contribution >= 4 is 5.78 Å². The number of ketones is 1. The average molecular weight is 352 g/mol. The Balaban J connectivity index is 1.35. The summed E-state index contributed by atoms with van der Waals surface area (Å²) in [5.41, 5.74) is 2.26. The Hall–Kier alpha value is -2.01. The van der Waals surface area contributed by atoms with Crippen LogP contribution in [-0.2, 0) is 32.2 Å². The first kappa shape index (κ1) is 17.4. The van der Waals surface area contributed by atoms with Gasteiger partial charge in [-0.2, -0.15) is 0 Å². The van der Waals surface area contributed by atoms with Crippen LogP contribution >= 0.6 is 0 Å². The summed E-state index contributed by atoms with van der Waals surface area (Å²) in [4.78, 5) is 11.8. The van der Waals surface area contributed by atoms with Crippen molar-refractivity contribution in [1.82, 2.24) is 0 Å². The molecule has 0 N–H and O–H groups in total. The van der Waals surface area contributed by atoms with Crippen molar-refractivity contribution in [2.24, 2.45) is 11.8 Å². The highest BCUT2D eigenvalue weighted by Crippen LogP contribution is 2.53. The van der Waals surface area contributed by atoms with Gasteiger partial charge in [-0.15, -0.1) is 0 Å². The molecule has 4 nitrogen and oxygen atoms in total. The van der Waals surface area contributed by atoms with Crippen molar-refractivity contribution in [3.63, 3.8) is 0 Å². The van der Waals surface area contributed by atoms with Crippen molar-refractivity contribution in [3.8, 4) is 0 Å². The fraction of sp³-hybridized carbons (Fsp3) is 0.409. The van der Waals surface area contributed by atoms with Gasteiger partial charge in [0, 0.05) is 5.92 Å². The van der Waals surface area contributed by atoms with Gasteiger partial charge in [-0.25, -0.2) is 0 Å². The van der Waals surface area contributed by atoms with E-state index in [2.05, 4.69) is 0 Å². The fourth-order valence-electron chi connectivity index (χ4n) is 3.89. The van der Waals surface area contributed by atoms with Crippen LogP contribution in [0, 0.1) is 11.8 Å². The van der Waals surface area contributed by atoms with Gasteiger partial charge in [-0.3, -0.25) is 4.79 Å². The van der Waals surface area contributed by atoms with Gasteiger partial charge in [0.2, 0.25) is 0 Å². The van der Waals surface area contributed by atoms with E-state index < -0.39 is 0 Å². The number of ether oxygens (including phenoxy) is 3. The topological polar surface area (TPSA) is 44.8 Å². The molecule has 0 radical (unpaired) electrons. The summed E-state index contributed by atoms with van der Waals surface area (Å²) in [6.45, 7) is 3.20. The van der Waals surface area contributed by atoms with Gasteiger partial charge < -0.3 is 14.2 Å². The zero-order chi connectivity index (χ0) is 17.9. The minimum Gasteiger partial charge on any atom is -0.374 e. The van der Waals surface area contributed by atoms with Gasteiger partial charge >= 0.3 is 0 Å². The van der Waals surface area contributed by atoms with Crippen LogP contribution in [0.4, 0.5) is 0 Å². The SMILES string of the molecule is CC(=O)[C@H]1C2O[C@H](COCc3ccccc3)[C@H](OCc3ccccc3)C21. The van der Waals surface area contributed by atoms with Gasteiger partial charge in [-0.05, 0) is 18.1 Å². The fourth-order valence-corrected chi connectivity index (χ4v) is 3.89. The van der Waals surface area contributed by atoms with Crippen LogP contribution in [0.3, 0.4) is 0 Å². The van der Waals surface area contributed by atoms with Gasteiger partial charge in [0.05, 0.1) is 37.9 Å². The molecule has 1 heterocycles. The van der Waals surface area contributed by atoms with Crippen LogP contribution in [0.1, 0.15) is 18.1 Å². The lowest BCUT2D eigenvalue weighted by Crippen LogP contribution is -2.35. The van der Waals surface area contributed by atoms with Crippen LogP contribution in [0.2, 0.25) is 0 Å². The highest BCUT2D eigenvalue weighted by Gasteiger charge is 2.66. The zero-order valence-electron chi connectivity index (χ0n) is 14.9. The number of benzene rings is 2. The minimum absolute atomic E-state index is 0.00130. The number of hydrogen-bond acceptors (Lipinski definition) is 4. The molecule has 1 saturated heterocycles. The summed E-state index contributed by atoms with van der Waals surface area (Å²) in [6, 6.07) is 20.2. The molecule has 0 spiro atoms. The van der Waals surface area contributed by atoms with Crippen molar-refractivity contribution in [3.05, 3.63) is 71.8 Å². The highest BCUT2D eigenvalue weighted by molar-refractivity contribution is 5.83. The van der Waals surface area contributed by atoms with Crippen LogP contribution in [-0.4, -0.2) is 30.7 Å². The van der Waals surface area contributed by atoms with E-state index >= 15 is 0 Å². The zero-order valence-corrected chi connectivity index (χ0v) is 14.9. The largest absolute Gasteiger partial charge is 0.374 e. The number of fused-ring (bicyclic) bond motifs is 1. The standard InChI is InChI=1S/C22H24O4/c1-15(23)19-20-21(25-13-17-10-6-3-7-11-17)18(26-22(19)20)14-24-12-16-8-4-2-5-9-16/h2-11,18-22H,12-14H2,1H3/t18-,19-,20?,21+,22?/m1/s1. The lowest BCUT2D eigenvalue weighted by atomic mass is 10.1. The van der Waals surface area contributed by atoms with E-state index in [1.807, 2.05) is 60.7 Å². The number of carbonyl (C=O) groups is 1. The Morgan fingerprint density at radius 3 is 2.19 bits per heavy atom. The molecule has 2 aromatic rings. The summed E-state index contributed by atoms with van der Waals surface area (Å²) in [5.74, 6) is 0.347. The smallest absolute Gasteiger partial charge is 0.135 e. The maximum atomic E-state index is 11.8. The Morgan fingerprint density at radius 2 is 1.58 bits per heavy atom. The van der Waals surface area contributed by atoms with E-state index in [0.717, 1.165) is 11.1 Å². The Kier molecular flexibility index (Phi) is 5.16. The molecule has 1 saturated carbocycles. The second kappa shape index (κ2) is 7.70. The van der Waals surface area contributed by atoms with E-state index in [-0.39, 0.29) is 35.9 Å². The summed E-state index contributed by atoms with van der Waals surface area (Å²) in [5, 5.41) is 0. The third kappa shape index (κ3) is 3.73. The highest BCUT2D eigenvalue weighted by atomic mass is 16.6. The summed E-state index contributed by atoms with van der Waals surface area (Å²) in [7, 11) is 0. The first-order valence-electron chi connectivity index (χ1n) is 9.17. The van der Waals surface area contributed by atoms with Crippen LogP contribution in [0.5, 0.6) is 0 Å². The Morgan fingerprint density at radius 1 is 0.962 bits per heavy atom. The lowest BCUT2D eigenvalue weighted by molar-refractivity contribution is -0.126. The second-order valence-corrected chi connectivity index (χ2v) is 7.11. The maximum Gasteiger partial charge on any atom is 0.135 e. The molecule has 0 aromatic heterocycles. The molecule has 4 heteroatoms. The van der Waals surface area contributed by atoms with E-state index in [0.29, 0.717) is 19.8 Å². The number of Topliss-reactive ketones (excluding diaryl/α,β-unsaturated/α-hetero) is 1. The summed E-state index contributed by atoms with van der Waals surface area (Å²) < 4.78 is 18.1. The molecule has 26 heavy (non-hydrogen) atoms. The molecule has 5 atom stereocenters. The third-order valence-electron chi connectivity index (χ3n) is 5.23. The number of hydrogen-bond donors (Lipinski definition) is 0. The van der Waals surface area contributed by atoms with Crippen molar-refractivity contribution in [2.75, 3.05) is 6.61 Å². The van der Waals surface area contributed by atoms with Crippen molar-refractivity contribution in [1.29, 1.82) is 0 Å². The van der Waals surface area contributed by atoms with Crippen LogP contribution in [0.25, 0.3) is 0 Å². The van der Waals surface area contributed by atoms with E-state index in [1.165, 1.54) is 0 Å². The first-order valence-corrected chi connectivity index (χ1v) is 9.17. The maximum absolute atomic E-state index is 11.8. The van der Waals surface area contributed by atoms with Gasteiger partial charge in [0.25, 0.3) is 0 Å². The predicted octanol–water partition coefficient (Wildman–Crippen LogP) is 3.39. The van der Waals surface area contributed by atoms with Crippen LogP contribution < -0.4 is 0 Å². The quantitative estimate of drug-likeness (QED) is 0.730. The molecule has 0 bridgehead atoms. The first-order chi connectivity index (χ1) is 12.7. The molecular weight excluding hydrogens is 328 g/mol. The lowest BCUT2D eigenvalue weighted by Gasteiger charge is -2.24. The molecule has 4 rings (SSSR count). The molecule has 2 aromatic carbocycles. The predicted molar refractivity (Wildman–Crippen MR) is 97.4 cm³/mol.